The van der Waals surface area contributed by atoms with Crippen molar-refractivity contribution in [2.75, 3.05) is 6.61 Å². The number of ether oxygens (including phenoxy) is 1. The monoisotopic (exact) mass is 466 g/mol. The molecule has 2 aromatic heterocycles. The molecule has 0 saturated heterocycles. The number of hydrogen-bond acceptors (Lipinski definition) is 5. The first-order valence-electron chi connectivity index (χ1n) is 10.4. The Morgan fingerprint density at radius 3 is 2.81 bits per heavy atom. The number of hydrogen-bond donors (Lipinski definition) is 1. The normalized spacial score (nSPS) is 13.1. The topological polar surface area (TPSA) is 79.4 Å². The van der Waals surface area contributed by atoms with Crippen LogP contribution in [0.5, 0.6) is 5.75 Å². The zero-order chi connectivity index (χ0) is 22.7. The van der Waals surface area contributed by atoms with E-state index in [9.17, 15) is 10.1 Å². The highest BCUT2D eigenvalue weighted by Gasteiger charge is 2.23. The Morgan fingerprint density at radius 1 is 1.31 bits per heavy atom. The summed E-state index contributed by atoms with van der Waals surface area (Å²) in [4.78, 5) is 13.4. The Balaban J connectivity index is 1.46. The number of rotatable bonds is 6. The molecule has 6 nitrogen and oxygen atoms in total. The lowest BCUT2D eigenvalue weighted by atomic mass is 9.96. The van der Waals surface area contributed by atoms with E-state index in [4.69, 9.17) is 16.3 Å². The molecule has 0 radical (unpaired) electrons. The van der Waals surface area contributed by atoms with Crippen molar-refractivity contribution in [1.82, 2.24) is 9.99 Å². The molecule has 3 aromatic rings. The van der Waals surface area contributed by atoms with Crippen LogP contribution in [0.2, 0.25) is 5.02 Å². The van der Waals surface area contributed by atoms with Crippen molar-refractivity contribution < 1.29 is 9.53 Å². The van der Waals surface area contributed by atoms with Gasteiger partial charge in [0, 0.05) is 26.9 Å². The minimum atomic E-state index is -0.359. The lowest BCUT2D eigenvalue weighted by Crippen LogP contribution is -2.24. The highest BCUT2D eigenvalue weighted by Crippen LogP contribution is 2.38. The summed E-state index contributed by atoms with van der Waals surface area (Å²) in [6.07, 6.45) is 5.97. The molecule has 0 spiro atoms. The van der Waals surface area contributed by atoms with Crippen LogP contribution in [0, 0.1) is 25.2 Å². The molecule has 0 bridgehead atoms. The number of amides is 1. The third-order valence-electron chi connectivity index (χ3n) is 5.51. The summed E-state index contributed by atoms with van der Waals surface area (Å²) < 4.78 is 7.54. The van der Waals surface area contributed by atoms with Gasteiger partial charge in [0.1, 0.15) is 16.8 Å². The molecule has 1 amide bonds. The predicted molar refractivity (Wildman–Crippen MR) is 127 cm³/mol. The molecule has 0 aliphatic heterocycles. The van der Waals surface area contributed by atoms with Crippen LogP contribution < -0.4 is 10.2 Å². The van der Waals surface area contributed by atoms with Gasteiger partial charge < -0.3 is 9.30 Å². The second kappa shape index (κ2) is 9.60. The Bertz CT molecular complexity index is 1220. The van der Waals surface area contributed by atoms with E-state index in [1.807, 2.05) is 19.9 Å². The Labute approximate surface area is 196 Å². The zero-order valence-corrected chi connectivity index (χ0v) is 19.5. The number of hydrazone groups is 1. The van der Waals surface area contributed by atoms with Crippen LogP contribution in [0.25, 0.3) is 5.00 Å². The van der Waals surface area contributed by atoms with E-state index < -0.39 is 0 Å². The van der Waals surface area contributed by atoms with Crippen LogP contribution in [-0.4, -0.2) is 23.3 Å². The Kier molecular flexibility index (Phi) is 6.63. The fraction of sp³-hybridized carbons (Fsp3) is 0.292. The van der Waals surface area contributed by atoms with Crippen LogP contribution >= 0.6 is 22.9 Å². The highest BCUT2D eigenvalue weighted by atomic mass is 35.5. The molecule has 2 heterocycles. The van der Waals surface area contributed by atoms with Gasteiger partial charge in [0.25, 0.3) is 5.91 Å². The van der Waals surface area contributed by atoms with Gasteiger partial charge in [0.15, 0.2) is 6.61 Å². The smallest absolute Gasteiger partial charge is 0.277 e. The lowest BCUT2D eigenvalue weighted by molar-refractivity contribution is -0.123. The third kappa shape index (κ3) is 4.57. The summed E-state index contributed by atoms with van der Waals surface area (Å²) in [5.41, 5.74) is 7.39. The van der Waals surface area contributed by atoms with Crippen LogP contribution in [0.15, 0.2) is 35.4 Å². The molecule has 32 heavy (non-hydrogen) atoms. The molecule has 0 fully saturated rings. The van der Waals surface area contributed by atoms with Crippen molar-refractivity contribution in [1.29, 1.82) is 5.26 Å². The first-order valence-corrected chi connectivity index (χ1v) is 11.6. The predicted octanol–water partition coefficient (Wildman–Crippen LogP) is 5.09. The molecule has 1 aliphatic carbocycles. The molecule has 164 valence electrons. The largest absolute Gasteiger partial charge is 0.484 e. The molecule has 0 saturated carbocycles. The minimum Gasteiger partial charge on any atom is -0.484 e. The van der Waals surface area contributed by atoms with Gasteiger partial charge in [-0.05, 0) is 75.4 Å². The first-order chi connectivity index (χ1) is 15.5. The van der Waals surface area contributed by atoms with Crippen LogP contribution in [0.1, 0.15) is 45.8 Å². The van der Waals surface area contributed by atoms with E-state index in [-0.39, 0.29) is 12.5 Å². The van der Waals surface area contributed by atoms with Crippen molar-refractivity contribution in [2.45, 2.75) is 39.5 Å². The van der Waals surface area contributed by atoms with Gasteiger partial charge in [0.2, 0.25) is 0 Å². The number of thiophene rings is 1. The fourth-order valence-corrected chi connectivity index (χ4v) is 5.52. The van der Waals surface area contributed by atoms with E-state index in [1.165, 1.54) is 16.9 Å². The highest BCUT2D eigenvalue weighted by molar-refractivity contribution is 7.15. The average molecular weight is 467 g/mol. The van der Waals surface area contributed by atoms with Gasteiger partial charge in [0.05, 0.1) is 11.8 Å². The second-order valence-electron chi connectivity index (χ2n) is 7.70. The number of nitrogens with one attached hydrogen (secondary N) is 1. The minimum absolute atomic E-state index is 0.149. The molecular formula is C24H23ClN4O2S. The Morgan fingerprint density at radius 2 is 2.06 bits per heavy atom. The van der Waals surface area contributed by atoms with Crippen LogP contribution in [-0.2, 0) is 17.6 Å². The average Bonchev–Trinajstić information content (AvgIpc) is 3.29. The van der Waals surface area contributed by atoms with Crippen molar-refractivity contribution in [3.8, 4) is 16.8 Å². The number of benzene rings is 1. The third-order valence-corrected chi connectivity index (χ3v) is 7.04. The van der Waals surface area contributed by atoms with Crippen molar-refractivity contribution >= 4 is 35.1 Å². The van der Waals surface area contributed by atoms with Crippen molar-refractivity contribution in [3.05, 3.63) is 68.3 Å². The fourth-order valence-electron chi connectivity index (χ4n) is 3.94. The van der Waals surface area contributed by atoms with E-state index in [2.05, 4.69) is 21.2 Å². The van der Waals surface area contributed by atoms with Gasteiger partial charge in [-0.15, -0.1) is 11.3 Å². The summed E-state index contributed by atoms with van der Waals surface area (Å²) in [5, 5.41) is 15.5. The number of nitrogens with zero attached hydrogens (tertiary/aromatic N) is 3. The van der Waals surface area contributed by atoms with Gasteiger partial charge in [-0.3, -0.25) is 4.79 Å². The number of aryl methyl sites for hydroxylation is 2. The summed E-state index contributed by atoms with van der Waals surface area (Å²) in [6, 6.07) is 11.2. The lowest BCUT2D eigenvalue weighted by Gasteiger charge is -2.10. The maximum Gasteiger partial charge on any atom is 0.277 e. The number of fused-ring (bicyclic) bond motifs is 1. The molecule has 1 N–H and O–H groups in total. The number of carbonyl (C=O) groups excluding carboxylic acids is 1. The van der Waals surface area contributed by atoms with E-state index in [0.717, 1.165) is 46.8 Å². The second-order valence-corrected chi connectivity index (χ2v) is 9.22. The van der Waals surface area contributed by atoms with Crippen LogP contribution in [0.4, 0.5) is 0 Å². The van der Waals surface area contributed by atoms with E-state index >= 15 is 0 Å². The SMILES string of the molecule is Cc1cc(/C=N/NC(=O)COc2ccc(Cl)cc2)c(C)n1-c1sc2c(c1C#N)CCCC2. The van der Waals surface area contributed by atoms with Gasteiger partial charge >= 0.3 is 0 Å². The molecule has 4 rings (SSSR count). The number of halogens is 1. The summed E-state index contributed by atoms with van der Waals surface area (Å²) in [5.74, 6) is 0.201. The van der Waals surface area contributed by atoms with Crippen molar-refractivity contribution in [2.24, 2.45) is 5.10 Å². The van der Waals surface area contributed by atoms with Gasteiger partial charge in [-0.1, -0.05) is 11.6 Å². The molecule has 0 unspecified atom stereocenters. The van der Waals surface area contributed by atoms with E-state index in [1.54, 1.807) is 41.8 Å². The summed E-state index contributed by atoms with van der Waals surface area (Å²) in [7, 11) is 0. The van der Waals surface area contributed by atoms with Crippen LogP contribution in [0.3, 0.4) is 0 Å². The maximum absolute atomic E-state index is 12.0. The first kappa shape index (κ1) is 22.1. The summed E-state index contributed by atoms with van der Waals surface area (Å²) >= 11 is 7.55. The molecule has 1 aromatic carbocycles. The molecule has 1 aliphatic rings. The standard InChI is InChI=1S/C24H23ClN4O2S/c1-15-11-17(13-27-28-23(30)14-31-19-9-7-18(25)8-10-19)16(2)29(15)24-21(12-26)20-5-3-4-6-22(20)32-24/h7-11,13H,3-6,14H2,1-2H3,(H,28,30)/b27-13+. The summed E-state index contributed by atoms with van der Waals surface area (Å²) in [6.45, 7) is 3.87. The number of aromatic nitrogens is 1. The van der Waals surface area contributed by atoms with Gasteiger partial charge in [-0.2, -0.15) is 10.4 Å². The molecule has 8 heteroatoms. The zero-order valence-electron chi connectivity index (χ0n) is 17.9. The van der Waals surface area contributed by atoms with Gasteiger partial charge in [-0.25, -0.2) is 5.43 Å². The Hall–Kier alpha value is -3.08. The van der Waals surface area contributed by atoms with Crippen molar-refractivity contribution in [3.63, 3.8) is 0 Å². The van der Waals surface area contributed by atoms with E-state index in [0.29, 0.717) is 10.8 Å². The quantitative estimate of drug-likeness (QED) is 0.406. The molecule has 0 atom stereocenters. The maximum atomic E-state index is 12.0. The number of carbonyl (C=O) groups is 1. The molecular weight excluding hydrogens is 444 g/mol. The number of nitriles is 1.